The maximum Gasteiger partial charge on any atom is 0.336 e. The first kappa shape index (κ1) is 11.8. The van der Waals surface area contributed by atoms with Crippen molar-refractivity contribution < 1.29 is 19.8 Å². The molecule has 1 aromatic carbocycles. The van der Waals surface area contributed by atoms with Crippen molar-refractivity contribution in [3.8, 4) is 0 Å². The quantitative estimate of drug-likeness (QED) is 0.772. The molecule has 5 nitrogen and oxygen atoms in total. The van der Waals surface area contributed by atoms with E-state index >= 15 is 0 Å². The van der Waals surface area contributed by atoms with Gasteiger partial charge in [-0.05, 0) is 43.4 Å². The lowest BCUT2D eigenvalue weighted by atomic mass is 9.93. The molecule has 0 amide bonds. The number of hydrogen-bond acceptors (Lipinski definition) is 2. The van der Waals surface area contributed by atoms with Gasteiger partial charge in [0.05, 0.1) is 11.1 Å². The van der Waals surface area contributed by atoms with Crippen molar-refractivity contribution in [3.05, 3.63) is 34.5 Å². The minimum atomic E-state index is -1.11. The zero-order chi connectivity index (χ0) is 13.6. The van der Waals surface area contributed by atoms with Crippen molar-refractivity contribution >= 4 is 22.8 Å². The minimum Gasteiger partial charge on any atom is -0.478 e. The predicted molar refractivity (Wildman–Crippen MR) is 68.9 cm³/mol. The Balaban J connectivity index is 2.36. The topological polar surface area (TPSA) is 90.4 Å². The molecule has 0 bridgehead atoms. The smallest absolute Gasteiger partial charge is 0.336 e. The van der Waals surface area contributed by atoms with Crippen LogP contribution in [-0.2, 0) is 12.8 Å². The van der Waals surface area contributed by atoms with Gasteiger partial charge in [-0.2, -0.15) is 0 Å². The van der Waals surface area contributed by atoms with Crippen LogP contribution in [0.15, 0.2) is 12.1 Å². The van der Waals surface area contributed by atoms with Gasteiger partial charge in [-0.25, -0.2) is 9.59 Å². The fourth-order valence-electron chi connectivity index (χ4n) is 2.84. The molecule has 3 rings (SSSR count). The maximum atomic E-state index is 11.4. The Kier molecular flexibility index (Phi) is 2.55. The number of H-pyrrole nitrogens is 1. The Morgan fingerprint density at radius 1 is 1.05 bits per heavy atom. The van der Waals surface area contributed by atoms with E-state index in [0.717, 1.165) is 36.9 Å². The number of fused-ring (bicyclic) bond motifs is 3. The van der Waals surface area contributed by atoms with Crippen molar-refractivity contribution in [3.63, 3.8) is 0 Å². The SMILES string of the molecule is O=C(O)c1cc(C(=O)O)c2c3c([nH]c2c1)CCCC3. The molecule has 0 saturated heterocycles. The van der Waals surface area contributed by atoms with Gasteiger partial charge >= 0.3 is 11.9 Å². The summed E-state index contributed by atoms with van der Waals surface area (Å²) in [7, 11) is 0. The molecule has 0 saturated carbocycles. The fourth-order valence-corrected chi connectivity index (χ4v) is 2.84. The number of benzene rings is 1. The summed E-state index contributed by atoms with van der Waals surface area (Å²) < 4.78 is 0. The molecule has 5 heteroatoms. The number of aryl methyl sites for hydroxylation is 2. The van der Waals surface area contributed by atoms with Gasteiger partial charge in [0.2, 0.25) is 0 Å². The standard InChI is InChI=1S/C14H13NO4/c16-13(17)7-5-9(14(18)19)12-8-3-1-2-4-10(8)15-11(12)6-7/h5-6,15H,1-4H2,(H,16,17)(H,18,19). The molecule has 0 spiro atoms. The van der Waals surface area contributed by atoms with Crippen LogP contribution in [-0.4, -0.2) is 27.1 Å². The van der Waals surface area contributed by atoms with Gasteiger partial charge < -0.3 is 15.2 Å². The number of carboxylic acids is 2. The third kappa shape index (κ3) is 1.78. The van der Waals surface area contributed by atoms with Gasteiger partial charge in [0, 0.05) is 16.6 Å². The summed E-state index contributed by atoms with van der Waals surface area (Å²) in [4.78, 5) is 25.6. The fraction of sp³-hybridized carbons (Fsp3) is 0.286. The van der Waals surface area contributed by atoms with E-state index in [1.54, 1.807) is 0 Å². The number of rotatable bonds is 2. The van der Waals surface area contributed by atoms with Crippen molar-refractivity contribution in [2.75, 3.05) is 0 Å². The average molecular weight is 259 g/mol. The molecule has 1 aliphatic carbocycles. The van der Waals surface area contributed by atoms with Crippen molar-refractivity contribution in [2.24, 2.45) is 0 Å². The molecule has 1 aromatic heterocycles. The van der Waals surface area contributed by atoms with Gasteiger partial charge in [-0.1, -0.05) is 0 Å². The molecule has 1 aliphatic rings. The van der Waals surface area contributed by atoms with Crippen molar-refractivity contribution in [2.45, 2.75) is 25.7 Å². The summed E-state index contributed by atoms with van der Waals surface area (Å²) in [6, 6.07) is 2.76. The molecule has 1 heterocycles. The van der Waals surface area contributed by atoms with Crippen LogP contribution in [0.3, 0.4) is 0 Å². The molecule has 0 atom stereocenters. The van der Waals surface area contributed by atoms with Gasteiger partial charge in [-0.3, -0.25) is 0 Å². The van der Waals surface area contributed by atoms with E-state index in [9.17, 15) is 14.7 Å². The molecule has 0 radical (unpaired) electrons. The van der Waals surface area contributed by atoms with Gasteiger partial charge in [-0.15, -0.1) is 0 Å². The van der Waals surface area contributed by atoms with Crippen LogP contribution in [0.2, 0.25) is 0 Å². The number of carbonyl (C=O) groups is 2. The van der Waals surface area contributed by atoms with E-state index in [4.69, 9.17) is 5.11 Å². The van der Waals surface area contributed by atoms with Gasteiger partial charge in [0.1, 0.15) is 0 Å². The number of hydrogen-bond donors (Lipinski definition) is 3. The highest BCUT2D eigenvalue weighted by Gasteiger charge is 2.22. The largest absolute Gasteiger partial charge is 0.478 e. The van der Waals surface area contributed by atoms with Crippen LogP contribution in [0.1, 0.15) is 44.8 Å². The summed E-state index contributed by atoms with van der Waals surface area (Å²) in [5, 5.41) is 19.0. The number of aromatic carboxylic acids is 2. The lowest BCUT2D eigenvalue weighted by Crippen LogP contribution is -2.05. The Labute approximate surface area is 108 Å². The molecule has 98 valence electrons. The van der Waals surface area contributed by atoms with E-state index in [0.29, 0.717) is 10.9 Å². The second-order valence-electron chi connectivity index (χ2n) is 4.85. The summed E-state index contributed by atoms with van der Waals surface area (Å²) in [6.07, 6.45) is 3.86. The molecule has 2 aromatic rings. The highest BCUT2D eigenvalue weighted by atomic mass is 16.4. The Morgan fingerprint density at radius 2 is 1.79 bits per heavy atom. The minimum absolute atomic E-state index is 0.00324. The highest BCUT2D eigenvalue weighted by Crippen LogP contribution is 2.32. The summed E-state index contributed by atoms with van der Waals surface area (Å²) in [6.45, 7) is 0. The van der Waals surface area contributed by atoms with E-state index in [2.05, 4.69) is 4.98 Å². The first-order chi connectivity index (χ1) is 9.08. The van der Waals surface area contributed by atoms with Crippen LogP contribution in [0.25, 0.3) is 10.9 Å². The molecule has 0 unspecified atom stereocenters. The van der Waals surface area contributed by atoms with Gasteiger partial charge in [0.25, 0.3) is 0 Å². The normalized spacial score (nSPS) is 14.3. The Morgan fingerprint density at radius 3 is 2.47 bits per heavy atom. The number of nitrogens with one attached hydrogen (secondary N) is 1. The lowest BCUT2D eigenvalue weighted by molar-refractivity contribution is 0.0696. The van der Waals surface area contributed by atoms with Crippen molar-refractivity contribution in [1.29, 1.82) is 0 Å². The molecule has 19 heavy (non-hydrogen) atoms. The number of aromatic nitrogens is 1. The molecule has 0 aliphatic heterocycles. The van der Waals surface area contributed by atoms with E-state index in [1.807, 2.05) is 0 Å². The van der Waals surface area contributed by atoms with Crippen LogP contribution >= 0.6 is 0 Å². The van der Waals surface area contributed by atoms with Crippen LogP contribution < -0.4 is 0 Å². The van der Waals surface area contributed by atoms with Crippen LogP contribution in [0.5, 0.6) is 0 Å². The predicted octanol–water partition coefficient (Wildman–Crippen LogP) is 2.44. The van der Waals surface area contributed by atoms with E-state index < -0.39 is 11.9 Å². The number of carboxylic acid groups (broad SMARTS) is 2. The second kappa shape index (κ2) is 4.12. The molecule has 3 N–H and O–H groups in total. The Bertz CT molecular complexity index is 699. The van der Waals surface area contributed by atoms with Gasteiger partial charge in [0.15, 0.2) is 0 Å². The van der Waals surface area contributed by atoms with Crippen LogP contribution in [0, 0.1) is 0 Å². The first-order valence-electron chi connectivity index (χ1n) is 6.22. The van der Waals surface area contributed by atoms with Crippen molar-refractivity contribution in [1.82, 2.24) is 4.98 Å². The third-order valence-corrected chi connectivity index (χ3v) is 3.67. The molecular formula is C14H13NO4. The first-order valence-corrected chi connectivity index (χ1v) is 6.22. The van der Waals surface area contributed by atoms with Crippen LogP contribution in [0.4, 0.5) is 0 Å². The summed E-state index contributed by atoms with van der Waals surface area (Å²) in [5.41, 5.74) is 2.78. The lowest BCUT2D eigenvalue weighted by Gasteiger charge is -2.11. The molecular weight excluding hydrogens is 246 g/mol. The summed E-state index contributed by atoms with van der Waals surface area (Å²) >= 11 is 0. The highest BCUT2D eigenvalue weighted by molar-refractivity contribution is 6.08. The van der Waals surface area contributed by atoms with E-state index in [1.165, 1.54) is 12.1 Å². The maximum absolute atomic E-state index is 11.4. The zero-order valence-corrected chi connectivity index (χ0v) is 10.2. The third-order valence-electron chi connectivity index (χ3n) is 3.67. The number of aromatic amines is 1. The Hall–Kier alpha value is -2.30. The zero-order valence-electron chi connectivity index (χ0n) is 10.2. The monoisotopic (exact) mass is 259 g/mol. The second-order valence-corrected chi connectivity index (χ2v) is 4.85. The van der Waals surface area contributed by atoms with E-state index in [-0.39, 0.29) is 11.1 Å². The summed E-state index contributed by atoms with van der Waals surface area (Å²) in [5.74, 6) is -2.20. The average Bonchev–Trinajstić information content (AvgIpc) is 2.75. The molecule has 0 fully saturated rings.